The van der Waals surface area contributed by atoms with Crippen molar-refractivity contribution in [2.45, 2.75) is 44.6 Å². The molecule has 2 N–H and O–H groups in total. The fourth-order valence-electron chi connectivity index (χ4n) is 4.19. The van der Waals surface area contributed by atoms with E-state index in [4.69, 9.17) is 5.73 Å². The Morgan fingerprint density at radius 2 is 2.07 bits per heavy atom. The van der Waals surface area contributed by atoms with Gasteiger partial charge in [-0.1, -0.05) is 6.42 Å². The van der Waals surface area contributed by atoms with Gasteiger partial charge in [0.05, 0.1) is 0 Å². The summed E-state index contributed by atoms with van der Waals surface area (Å²) in [6, 6.07) is 0.456. The molecule has 0 aromatic heterocycles. The average Bonchev–Trinajstić information content (AvgIpc) is 2.79. The van der Waals surface area contributed by atoms with Gasteiger partial charge in [-0.25, -0.2) is 0 Å². The van der Waals surface area contributed by atoms with Gasteiger partial charge in [-0.2, -0.15) is 0 Å². The Kier molecular flexibility index (Phi) is 2.73. The lowest BCUT2D eigenvalue weighted by Crippen LogP contribution is -2.45. The molecule has 0 amide bonds. The van der Waals surface area contributed by atoms with Crippen LogP contribution in [0.3, 0.4) is 0 Å². The van der Waals surface area contributed by atoms with Gasteiger partial charge in [0, 0.05) is 19.1 Å². The first-order valence-electron chi connectivity index (χ1n) is 6.79. The lowest BCUT2D eigenvalue weighted by Gasteiger charge is -2.34. The van der Waals surface area contributed by atoms with Crippen molar-refractivity contribution < 1.29 is 0 Å². The maximum Gasteiger partial charge on any atom is 0.0168 e. The van der Waals surface area contributed by atoms with Gasteiger partial charge in [0.1, 0.15) is 0 Å². The summed E-state index contributed by atoms with van der Waals surface area (Å²) in [5, 5.41) is 0. The smallest absolute Gasteiger partial charge is 0.0168 e. The first-order valence-corrected chi connectivity index (χ1v) is 6.79. The quantitative estimate of drug-likeness (QED) is 0.750. The van der Waals surface area contributed by atoms with E-state index in [1.807, 2.05) is 0 Å². The van der Waals surface area contributed by atoms with E-state index >= 15 is 0 Å². The fraction of sp³-hybridized carbons (Fsp3) is 1.00. The van der Waals surface area contributed by atoms with Gasteiger partial charge >= 0.3 is 0 Å². The number of hydrogen-bond acceptors (Lipinski definition) is 2. The summed E-state index contributed by atoms with van der Waals surface area (Å²) in [4.78, 5) is 2.64. The van der Waals surface area contributed by atoms with E-state index in [9.17, 15) is 0 Å². The molecule has 2 heteroatoms. The molecule has 3 aliphatic rings. The van der Waals surface area contributed by atoms with Gasteiger partial charge < -0.3 is 10.6 Å². The number of nitrogens with zero attached hydrogens (tertiary/aromatic N) is 1. The molecule has 3 unspecified atom stereocenters. The molecule has 3 fully saturated rings. The molecule has 86 valence electrons. The number of piperidine rings is 1. The maximum absolute atomic E-state index is 6.03. The predicted octanol–water partition coefficient (Wildman–Crippen LogP) is 1.85. The Labute approximate surface area is 93.2 Å². The number of likely N-dealkylation sites (tertiary alicyclic amines) is 1. The molecule has 0 radical (unpaired) electrons. The van der Waals surface area contributed by atoms with Crippen LogP contribution < -0.4 is 5.73 Å². The van der Waals surface area contributed by atoms with Crippen molar-refractivity contribution in [3.63, 3.8) is 0 Å². The molecule has 0 spiro atoms. The van der Waals surface area contributed by atoms with Gasteiger partial charge in [-0.05, 0) is 56.4 Å². The van der Waals surface area contributed by atoms with Crippen molar-refractivity contribution in [2.24, 2.45) is 23.5 Å². The van der Waals surface area contributed by atoms with Crippen molar-refractivity contribution in [1.82, 2.24) is 4.90 Å². The van der Waals surface area contributed by atoms with Crippen LogP contribution in [-0.2, 0) is 0 Å². The third-order valence-electron chi connectivity index (χ3n) is 4.92. The minimum atomic E-state index is 0.456. The van der Waals surface area contributed by atoms with Crippen LogP contribution in [0.5, 0.6) is 0 Å². The molecule has 15 heavy (non-hydrogen) atoms. The molecule has 0 aromatic carbocycles. The molecule has 2 saturated carbocycles. The van der Waals surface area contributed by atoms with E-state index in [2.05, 4.69) is 4.90 Å². The largest absolute Gasteiger partial charge is 0.327 e. The third-order valence-corrected chi connectivity index (χ3v) is 4.92. The average molecular weight is 208 g/mol. The maximum atomic E-state index is 6.03. The lowest BCUT2D eigenvalue weighted by atomic mass is 9.88. The first kappa shape index (κ1) is 10.1. The van der Waals surface area contributed by atoms with Crippen LogP contribution in [0.15, 0.2) is 0 Å². The van der Waals surface area contributed by atoms with E-state index in [0.717, 1.165) is 24.3 Å². The van der Waals surface area contributed by atoms with Crippen molar-refractivity contribution in [3.8, 4) is 0 Å². The second-order valence-corrected chi connectivity index (χ2v) is 6.10. The third kappa shape index (κ3) is 2.07. The van der Waals surface area contributed by atoms with Crippen LogP contribution in [0.1, 0.15) is 38.5 Å². The summed E-state index contributed by atoms with van der Waals surface area (Å²) in [5.74, 6) is 3.20. The number of fused-ring (bicyclic) bond motifs is 2. The second kappa shape index (κ2) is 4.06. The summed E-state index contributed by atoms with van der Waals surface area (Å²) >= 11 is 0. The second-order valence-electron chi connectivity index (χ2n) is 6.10. The van der Waals surface area contributed by atoms with Gasteiger partial charge in [0.25, 0.3) is 0 Å². The van der Waals surface area contributed by atoms with Crippen LogP contribution in [0.25, 0.3) is 0 Å². The highest BCUT2D eigenvalue weighted by Crippen LogP contribution is 2.48. The molecular weight excluding hydrogens is 184 g/mol. The molecular formula is C13H24N2. The summed E-state index contributed by atoms with van der Waals surface area (Å²) < 4.78 is 0. The number of hydrogen-bond donors (Lipinski definition) is 1. The van der Waals surface area contributed by atoms with Crippen molar-refractivity contribution in [3.05, 3.63) is 0 Å². The van der Waals surface area contributed by atoms with Crippen LogP contribution in [-0.4, -0.2) is 30.6 Å². The van der Waals surface area contributed by atoms with E-state index in [-0.39, 0.29) is 0 Å². The topological polar surface area (TPSA) is 29.3 Å². The minimum Gasteiger partial charge on any atom is -0.327 e. The molecule has 0 aromatic rings. The zero-order valence-corrected chi connectivity index (χ0v) is 9.70. The van der Waals surface area contributed by atoms with Gasteiger partial charge in [-0.3, -0.25) is 0 Å². The van der Waals surface area contributed by atoms with E-state index in [1.165, 1.54) is 45.2 Å². The zero-order chi connectivity index (χ0) is 10.3. The van der Waals surface area contributed by atoms with Crippen molar-refractivity contribution in [1.29, 1.82) is 0 Å². The van der Waals surface area contributed by atoms with Crippen LogP contribution >= 0.6 is 0 Å². The SMILES string of the molecule is N[C@@H]1CCCN(CC2CC3CCC2C3)C1. The van der Waals surface area contributed by atoms with Gasteiger partial charge in [-0.15, -0.1) is 0 Å². The zero-order valence-electron chi connectivity index (χ0n) is 9.70. The highest BCUT2D eigenvalue weighted by atomic mass is 15.1. The monoisotopic (exact) mass is 208 g/mol. The number of rotatable bonds is 2. The first-order chi connectivity index (χ1) is 7.31. The Hall–Kier alpha value is -0.0800. The van der Waals surface area contributed by atoms with Crippen LogP contribution in [0.4, 0.5) is 0 Å². The highest BCUT2D eigenvalue weighted by Gasteiger charge is 2.40. The molecule has 2 bridgehead atoms. The highest BCUT2D eigenvalue weighted by molar-refractivity contribution is 4.92. The van der Waals surface area contributed by atoms with Crippen LogP contribution in [0, 0.1) is 17.8 Å². The lowest BCUT2D eigenvalue weighted by molar-refractivity contribution is 0.154. The Balaban J connectivity index is 1.52. The molecule has 1 heterocycles. The number of nitrogens with two attached hydrogens (primary N) is 1. The molecule has 2 nitrogen and oxygen atoms in total. The van der Waals surface area contributed by atoms with Crippen LogP contribution in [0.2, 0.25) is 0 Å². The van der Waals surface area contributed by atoms with E-state index in [0.29, 0.717) is 6.04 Å². The van der Waals surface area contributed by atoms with Crippen molar-refractivity contribution >= 4 is 0 Å². The van der Waals surface area contributed by atoms with E-state index < -0.39 is 0 Å². The molecule has 1 aliphatic heterocycles. The Bertz CT molecular complexity index is 229. The summed E-state index contributed by atoms with van der Waals surface area (Å²) in [6.07, 6.45) is 8.69. The van der Waals surface area contributed by atoms with E-state index in [1.54, 1.807) is 6.42 Å². The van der Waals surface area contributed by atoms with Gasteiger partial charge in [0.2, 0.25) is 0 Å². The fourth-order valence-corrected chi connectivity index (χ4v) is 4.19. The molecule has 3 rings (SSSR count). The Morgan fingerprint density at radius 1 is 1.13 bits per heavy atom. The molecule has 4 atom stereocenters. The van der Waals surface area contributed by atoms with Crippen molar-refractivity contribution in [2.75, 3.05) is 19.6 Å². The summed E-state index contributed by atoms with van der Waals surface area (Å²) in [5.41, 5.74) is 6.03. The Morgan fingerprint density at radius 3 is 2.73 bits per heavy atom. The normalized spacial score (nSPS) is 46.2. The summed E-state index contributed by atoms with van der Waals surface area (Å²) in [6.45, 7) is 3.82. The minimum absolute atomic E-state index is 0.456. The van der Waals surface area contributed by atoms with Gasteiger partial charge in [0.15, 0.2) is 0 Å². The molecule has 1 saturated heterocycles. The standard InChI is InChI=1S/C13H24N2/c14-13-2-1-5-15(9-13)8-12-7-10-3-4-11(12)6-10/h10-13H,1-9,14H2/t10?,11?,12?,13-/m1/s1. The predicted molar refractivity (Wildman–Crippen MR) is 62.6 cm³/mol. The molecule has 2 aliphatic carbocycles. The summed E-state index contributed by atoms with van der Waals surface area (Å²) in [7, 11) is 0.